The molecule has 11 heteroatoms. The molecule has 0 spiro atoms. The maximum absolute atomic E-state index is 13.8. The minimum Gasteiger partial charge on any atom is -0.376 e. The van der Waals surface area contributed by atoms with E-state index in [0.717, 1.165) is 18.4 Å². The van der Waals surface area contributed by atoms with Crippen LogP contribution in [0.25, 0.3) is 10.9 Å². The van der Waals surface area contributed by atoms with E-state index in [-0.39, 0.29) is 17.0 Å². The monoisotopic (exact) mass is 573 g/mol. The first-order valence-corrected chi connectivity index (χ1v) is 13.6. The van der Waals surface area contributed by atoms with E-state index in [1.807, 2.05) is 41.5 Å². The lowest BCUT2D eigenvalue weighted by Gasteiger charge is -2.23. The Morgan fingerprint density at radius 3 is 2.66 bits per heavy atom. The molecule has 0 saturated heterocycles. The molecular formula is C30H27ClF2N8. The molecule has 2 aromatic carbocycles. The van der Waals surface area contributed by atoms with Crippen LogP contribution in [0.2, 0.25) is 5.02 Å². The quantitative estimate of drug-likeness (QED) is 0.164. The van der Waals surface area contributed by atoms with E-state index >= 15 is 0 Å². The maximum atomic E-state index is 13.8. The number of hydrogen-bond acceptors (Lipinski definition) is 8. The molecule has 2 aromatic heterocycles. The van der Waals surface area contributed by atoms with Crippen LogP contribution in [0.5, 0.6) is 0 Å². The van der Waals surface area contributed by atoms with E-state index in [9.17, 15) is 15.4 Å². The molecule has 0 bridgehead atoms. The number of benzene rings is 2. The van der Waals surface area contributed by atoms with Crippen molar-refractivity contribution in [2.45, 2.75) is 37.4 Å². The number of halogens is 3. The summed E-state index contributed by atoms with van der Waals surface area (Å²) in [4.78, 5) is 8.20. The largest absolute Gasteiger partial charge is 0.376 e. The minimum atomic E-state index is -1.64. The summed E-state index contributed by atoms with van der Waals surface area (Å²) in [6.45, 7) is -0.563. The number of fused-ring (bicyclic) bond motifs is 1. The van der Waals surface area contributed by atoms with Crippen LogP contribution in [0.3, 0.4) is 0 Å². The zero-order valence-corrected chi connectivity index (χ0v) is 22.6. The standard InChI is InChI=1S/C30H27ClF2N8/c31-24-13-21(37-29(19-6-9-27(33)35-15-19)26-17-41(40-39-26)22-7-8-22)12-23-28(20(14-34)16-36-30(23)24)38-25(10-11-32)18-4-2-1-3-5-18/h1-6,9,12-13,15-17,22,25,29,37,39-40H,7-8,10-11H2,(H,36,38)/t25-,29?/m1/s1/i29D. The molecule has 0 amide bonds. The Balaban J connectivity index is 1.44. The summed E-state index contributed by atoms with van der Waals surface area (Å²) in [6, 6.07) is 16.0. The molecule has 1 fully saturated rings. The van der Waals surface area contributed by atoms with Gasteiger partial charge in [-0.05, 0) is 42.2 Å². The highest BCUT2D eigenvalue weighted by molar-refractivity contribution is 6.35. The number of nitriles is 1. The summed E-state index contributed by atoms with van der Waals surface area (Å²) < 4.78 is 37.0. The van der Waals surface area contributed by atoms with E-state index < -0.39 is 24.7 Å². The molecule has 2 atom stereocenters. The summed E-state index contributed by atoms with van der Waals surface area (Å²) in [5.74, 6) is -0.659. The molecule has 3 heterocycles. The van der Waals surface area contributed by atoms with Gasteiger partial charge in [0.2, 0.25) is 5.95 Å². The number of alkyl halides is 1. The summed E-state index contributed by atoms with van der Waals surface area (Å²) in [7, 11) is 0. The molecule has 4 aromatic rings. The smallest absolute Gasteiger partial charge is 0.212 e. The van der Waals surface area contributed by atoms with Gasteiger partial charge in [-0.1, -0.05) is 48.0 Å². The van der Waals surface area contributed by atoms with Crippen LogP contribution in [0, 0.1) is 17.3 Å². The summed E-state index contributed by atoms with van der Waals surface area (Å²) >= 11 is 6.73. The summed E-state index contributed by atoms with van der Waals surface area (Å²) in [6.07, 6.45) is 6.81. The fraction of sp³-hybridized carbons (Fsp3) is 0.233. The van der Waals surface area contributed by atoms with Crippen LogP contribution in [-0.2, 0) is 0 Å². The van der Waals surface area contributed by atoms with Gasteiger partial charge in [0.15, 0.2) is 0 Å². The van der Waals surface area contributed by atoms with Crippen molar-refractivity contribution in [3.05, 3.63) is 107 Å². The van der Waals surface area contributed by atoms with Gasteiger partial charge in [-0.15, -0.1) is 5.53 Å². The lowest BCUT2D eigenvalue weighted by Crippen LogP contribution is -2.38. The first kappa shape index (κ1) is 25.5. The zero-order valence-electron chi connectivity index (χ0n) is 22.8. The molecule has 2 aliphatic rings. The van der Waals surface area contributed by atoms with Gasteiger partial charge in [0.1, 0.15) is 6.07 Å². The second-order valence-electron chi connectivity index (χ2n) is 9.89. The number of rotatable bonds is 10. The Labute approximate surface area is 242 Å². The number of hydrazine groups is 2. The van der Waals surface area contributed by atoms with Crippen molar-refractivity contribution in [3.63, 3.8) is 0 Å². The molecule has 1 saturated carbocycles. The highest BCUT2D eigenvalue weighted by Crippen LogP contribution is 2.38. The molecule has 1 aliphatic carbocycles. The average Bonchev–Trinajstić information content (AvgIpc) is 3.73. The molecule has 41 heavy (non-hydrogen) atoms. The van der Waals surface area contributed by atoms with Crippen molar-refractivity contribution in [2.24, 2.45) is 0 Å². The molecule has 1 aliphatic heterocycles. The highest BCUT2D eigenvalue weighted by atomic mass is 35.5. The first-order valence-electron chi connectivity index (χ1n) is 13.7. The van der Waals surface area contributed by atoms with Crippen molar-refractivity contribution in [3.8, 4) is 6.07 Å². The maximum Gasteiger partial charge on any atom is 0.212 e. The van der Waals surface area contributed by atoms with Crippen LogP contribution < -0.4 is 21.6 Å². The minimum absolute atomic E-state index is 0.183. The lowest BCUT2D eigenvalue weighted by atomic mass is 10.0. The van der Waals surface area contributed by atoms with Crippen LogP contribution >= 0.6 is 11.6 Å². The molecule has 208 valence electrons. The molecule has 0 radical (unpaired) electrons. The van der Waals surface area contributed by atoms with E-state index in [4.69, 9.17) is 11.6 Å². The Bertz CT molecular complexity index is 1680. The van der Waals surface area contributed by atoms with Gasteiger partial charge in [0.25, 0.3) is 0 Å². The molecule has 8 nitrogen and oxygen atoms in total. The second kappa shape index (κ2) is 11.6. The van der Waals surface area contributed by atoms with E-state index in [1.165, 1.54) is 24.5 Å². The zero-order chi connectivity index (χ0) is 29.3. The fourth-order valence-electron chi connectivity index (χ4n) is 4.83. The third-order valence-electron chi connectivity index (χ3n) is 7.05. The van der Waals surface area contributed by atoms with Gasteiger partial charge in [0, 0.05) is 42.1 Å². The third kappa shape index (κ3) is 5.73. The van der Waals surface area contributed by atoms with Crippen molar-refractivity contribution in [2.75, 3.05) is 17.3 Å². The van der Waals surface area contributed by atoms with E-state index in [0.29, 0.717) is 39.6 Å². The lowest BCUT2D eigenvalue weighted by molar-refractivity contribution is 0.260. The number of anilines is 2. The predicted molar refractivity (Wildman–Crippen MR) is 155 cm³/mol. The fourth-order valence-corrected chi connectivity index (χ4v) is 5.10. The molecule has 4 N–H and O–H groups in total. The number of pyridine rings is 2. The van der Waals surface area contributed by atoms with E-state index in [2.05, 4.69) is 37.6 Å². The third-order valence-corrected chi connectivity index (χ3v) is 7.33. The van der Waals surface area contributed by atoms with Crippen LogP contribution in [0.15, 0.2) is 78.9 Å². The predicted octanol–water partition coefficient (Wildman–Crippen LogP) is 6.29. The van der Waals surface area contributed by atoms with Crippen LogP contribution in [0.1, 0.15) is 49.4 Å². The van der Waals surface area contributed by atoms with Gasteiger partial charge in [-0.2, -0.15) is 9.65 Å². The number of hydrogen-bond donors (Lipinski definition) is 4. The normalized spacial score (nSPS) is 17.2. The van der Waals surface area contributed by atoms with Gasteiger partial charge in [0.05, 0.1) is 47.6 Å². The Hall–Kier alpha value is -4.46. The SMILES string of the molecule is [2H]C(Nc1cc(Cl)c2ncc(C#N)c(N[C@H](CCF)c3ccccc3)c2c1)(C1=CN(C2CC2)NN1)c1ccc(F)nc1. The van der Waals surface area contributed by atoms with Gasteiger partial charge >= 0.3 is 0 Å². The first-order chi connectivity index (χ1) is 20.4. The van der Waals surface area contributed by atoms with Crippen LogP contribution in [0.4, 0.5) is 20.2 Å². The average molecular weight is 574 g/mol. The van der Waals surface area contributed by atoms with E-state index in [1.54, 1.807) is 12.1 Å². The van der Waals surface area contributed by atoms with Crippen molar-refractivity contribution in [1.82, 2.24) is 25.9 Å². The van der Waals surface area contributed by atoms with Crippen molar-refractivity contribution in [1.29, 1.82) is 5.26 Å². The van der Waals surface area contributed by atoms with Gasteiger partial charge < -0.3 is 16.1 Å². The molecule has 1 unspecified atom stereocenters. The van der Waals surface area contributed by atoms with Crippen molar-refractivity contribution < 1.29 is 10.2 Å². The van der Waals surface area contributed by atoms with Crippen molar-refractivity contribution >= 4 is 33.9 Å². The Morgan fingerprint density at radius 1 is 1.12 bits per heavy atom. The van der Waals surface area contributed by atoms with Gasteiger partial charge in [-0.3, -0.25) is 14.4 Å². The van der Waals surface area contributed by atoms with Crippen LogP contribution in [-0.4, -0.2) is 27.7 Å². The Kier molecular flexibility index (Phi) is 7.20. The highest BCUT2D eigenvalue weighted by Gasteiger charge is 2.32. The number of nitrogens with zero attached hydrogens (tertiary/aromatic N) is 4. The Morgan fingerprint density at radius 2 is 1.95 bits per heavy atom. The summed E-state index contributed by atoms with van der Waals surface area (Å²) in [5.41, 5.74) is 9.47. The van der Waals surface area contributed by atoms with Gasteiger partial charge in [-0.25, -0.2) is 4.98 Å². The molecule has 6 rings (SSSR count). The summed E-state index contributed by atoms with van der Waals surface area (Å²) in [5, 5.41) is 19.3. The molecular weight excluding hydrogens is 546 g/mol. The number of nitrogens with one attached hydrogen (secondary N) is 4. The number of aromatic nitrogens is 2. The topological polar surface area (TPSA) is 101 Å². The second-order valence-corrected chi connectivity index (χ2v) is 10.3.